The first-order chi connectivity index (χ1) is 6.10. The van der Waals surface area contributed by atoms with Crippen LogP contribution in [0.4, 0.5) is 0 Å². The summed E-state index contributed by atoms with van der Waals surface area (Å²) in [7, 11) is 0. The fraction of sp³-hybridized carbons (Fsp3) is 0.714. The molecule has 0 saturated heterocycles. The fourth-order valence-corrected chi connectivity index (χ4v) is 0.899. The van der Waals surface area contributed by atoms with Crippen molar-refractivity contribution in [1.29, 1.82) is 0 Å². The first kappa shape index (κ1) is 11.7. The molecule has 0 aromatic heterocycles. The molecule has 6 N–H and O–H groups in total. The van der Waals surface area contributed by atoms with Gasteiger partial charge in [-0.15, -0.1) is 0 Å². The van der Waals surface area contributed by atoms with Gasteiger partial charge in [0.25, 0.3) is 0 Å². The molecule has 0 bridgehead atoms. The molecule has 1 amide bonds. The van der Waals surface area contributed by atoms with E-state index in [2.05, 4.69) is 10.5 Å². The van der Waals surface area contributed by atoms with Crippen molar-refractivity contribution in [2.75, 3.05) is 6.54 Å². The van der Waals surface area contributed by atoms with Gasteiger partial charge in [0.2, 0.25) is 5.91 Å². The van der Waals surface area contributed by atoms with Gasteiger partial charge in [-0.25, -0.2) is 0 Å². The first-order valence-corrected chi connectivity index (χ1v) is 4.08. The second-order valence-corrected chi connectivity index (χ2v) is 2.75. The minimum absolute atomic E-state index is 0.0170. The normalized spacial score (nSPS) is 14.1. The number of hydrogen-bond donors (Lipinski definition) is 4. The molecule has 1 unspecified atom stereocenters. The summed E-state index contributed by atoms with van der Waals surface area (Å²) in [5, 5.41) is 14.0. The van der Waals surface area contributed by atoms with Gasteiger partial charge in [0.05, 0.1) is 6.54 Å². The summed E-state index contributed by atoms with van der Waals surface area (Å²) in [5.74, 6) is -0.276. The van der Waals surface area contributed by atoms with Gasteiger partial charge in [0, 0.05) is 12.5 Å². The highest BCUT2D eigenvalue weighted by Crippen LogP contribution is 1.96. The van der Waals surface area contributed by atoms with E-state index in [-0.39, 0.29) is 18.4 Å². The first-order valence-electron chi connectivity index (χ1n) is 4.08. The molecule has 0 aromatic carbocycles. The van der Waals surface area contributed by atoms with Crippen LogP contribution in [-0.2, 0) is 4.79 Å². The van der Waals surface area contributed by atoms with Crippen molar-refractivity contribution in [2.45, 2.75) is 25.8 Å². The number of nitrogens with two attached hydrogens (primary N) is 2. The van der Waals surface area contributed by atoms with Gasteiger partial charge < -0.3 is 22.0 Å². The molecule has 0 spiro atoms. The third-order valence-electron chi connectivity index (χ3n) is 1.64. The van der Waals surface area contributed by atoms with Gasteiger partial charge in [0.15, 0.2) is 0 Å². The van der Waals surface area contributed by atoms with Crippen LogP contribution in [0.3, 0.4) is 0 Å². The van der Waals surface area contributed by atoms with Crippen LogP contribution in [-0.4, -0.2) is 29.5 Å². The topological polar surface area (TPSA) is 114 Å². The van der Waals surface area contributed by atoms with Crippen molar-refractivity contribution >= 4 is 11.7 Å². The number of primary amides is 1. The molecule has 6 nitrogen and oxygen atoms in total. The molecular weight excluding hydrogens is 172 g/mol. The quantitative estimate of drug-likeness (QED) is 0.185. The SMILES string of the molecule is CCC(CC(N)=NO)NCC(N)=O. The molecular formula is C7H16N4O2. The van der Waals surface area contributed by atoms with Crippen molar-refractivity contribution in [3.63, 3.8) is 0 Å². The fourth-order valence-electron chi connectivity index (χ4n) is 0.899. The predicted molar refractivity (Wildman–Crippen MR) is 49.3 cm³/mol. The second-order valence-electron chi connectivity index (χ2n) is 2.75. The van der Waals surface area contributed by atoms with Gasteiger partial charge in [-0.1, -0.05) is 12.1 Å². The number of hydrogen-bond acceptors (Lipinski definition) is 4. The Hall–Kier alpha value is -1.30. The van der Waals surface area contributed by atoms with Crippen molar-refractivity contribution < 1.29 is 10.0 Å². The summed E-state index contributed by atoms with van der Waals surface area (Å²) >= 11 is 0. The number of carbonyl (C=O) groups excluding carboxylic acids is 1. The largest absolute Gasteiger partial charge is 0.409 e. The lowest BCUT2D eigenvalue weighted by Crippen LogP contribution is -2.38. The number of amidine groups is 1. The number of nitrogens with zero attached hydrogens (tertiary/aromatic N) is 1. The number of amides is 1. The van der Waals surface area contributed by atoms with Crippen molar-refractivity contribution in [3.8, 4) is 0 Å². The van der Waals surface area contributed by atoms with Crippen LogP contribution in [0.15, 0.2) is 5.16 Å². The zero-order valence-electron chi connectivity index (χ0n) is 7.66. The van der Waals surface area contributed by atoms with Crippen molar-refractivity contribution in [3.05, 3.63) is 0 Å². The van der Waals surface area contributed by atoms with Crippen LogP contribution in [0.1, 0.15) is 19.8 Å². The summed E-state index contributed by atoms with van der Waals surface area (Å²) in [6.07, 6.45) is 1.18. The highest BCUT2D eigenvalue weighted by atomic mass is 16.4. The molecule has 1 atom stereocenters. The smallest absolute Gasteiger partial charge is 0.231 e. The summed E-state index contributed by atoms with van der Waals surface area (Å²) in [4.78, 5) is 10.4. The molecule has 0 aliphatic heterocycles. The van der Waals surface area contributed by atoms with E-state index < -0.39 is 5.91 Å². The number of nitrogens with one attached hydrogen (secondary N) is 1. The van der Waals surface area contributed by atoms with Crippen LogP contribution in [0, 0.1) is 0 Å². The Morgan fingerprint density at radius 2 is 2.23 bits per heavy atom. The van der Waals surface area contributed by atoms with E-state index in [1.807, 2.05) is 6.92 Å². The molecule has 0 aromatic rings. The van der Waals surface area contributed by atoms with Crippen molar-refractivity contribution in [1.82, 2.24) is 5.32 Å². The Kier molecular flexibility index (Phi) is 5.62. The summed E-state index contributed by atoms with van der Waals surface area (Å²) in [5.41, 5.74) is 10.2. The third-order valence-corrected chi connectivity index (χ3v) is 1.64. The van der Waals surface area contributed by atoms with E-state index in [1.165, 1.54) is 0 Å². The monoisotopic (exact) mass is 188 g/mol. The molecule has 0 heterocycles. The van der Waals surface area contributed by atoms with Gasteiger partial charge in [-0.05, 0) is 6.42 Å². The number of oxime groups is 1. The molecule has 0 rings (SSSR count). The highest BCUT2D eigenvalue weighted by Gasteiger charge is 2.08. The standard InChI is InChI=1S/C7H16N4O2/c1-2-5(3-6(8)11-13)10-4-7(9)12/h5,10,13H,2-4H2,1H3,(H2,8,11)(H2,9,12). The van der Waals surface area contributed by atoms with Crippen LogP contribution in [0.25, 0.3) is 0 Å². The zero-order chi connectivity index (χ0) is 10.3. The maximum Gasteiger partial charge on any atom is 0.231 e. The molecule has 0 radical (unpaired) electrons. The summed E-state index contributed by atoms with van der Waals surface area (Å²) in [6, 6.07) is 0.0170. The van der Waals surface area contributed by atoms with E-state index >= 15 is 0 Å². The molecule has 6 heteroatoms. The average molecular weight is 188 g/mol. The highest BCUT2D eigenvalue weighted by molar-refractivity contribution is 5.80. The van der Waals surface area contributed by atoms with Crippen LogP contribution in [0.2, 0.25) is 0 Å². The summed E-state index contributed by atoms with van der Waals surface area (Å²) in [6.45, 7) is 2.04. The molecule has 0 aliphatic carbocycles. The maximum atomic E-state index is 10.4. The second kappa shape index (κ2) is 6.24. The van der Waals surface area contributed by atoms with Crippen molar-refractivity contribution in [2.24, 2.45) is 16.6 Å². The van der Waals surface area contributed by atoms with Gasteiger partial charge in [-0.2, -0.15) is 0 Å². The van der Waals surface area contributed by atoms with Gasteiger partial charge in [-0.3, -0.25) is 4.79 Å². The minimum atomic E-state index is -0.419. The minimum Gasteiger partial charge on any atom is -0.409 e. The Balaban J connectivity index is 3.82. The van der Waals surface area contributed by atoms with Crippen LogP contribution in [0.5, 0.6) is 0 Å². The number of carbonyl (C=O) groups is 1. The van der Waals surface area contributed by atoms with E-state index in [0.29, 0.717) is 6.42 Å². The van der Waals surface area contributed by atoms with Crippen LogP contribution >= 0.6 is 0 Å². The predicted octanol–water partition coefficient (Wildman–Crippen LogP) is -1.02. The molecule has 13 heavy (non-hydrogen) atoms. The van der Waals surface area contributed by atoms with Gasteiger partial charge in [0.1, 0.15) is 5.84 Å². The molecule has 0 fully saturated rings. The molecule has 0 aliphatic rings. The van der Waals surface area contributed by atoms with E-state index in [0.717, 1.165) is 6.42 Å². The van der Waals surface area contributed by atoms with Crippen LogP contribution < -0.4 is 16.8 Å². The van der Waals surface area contributed by atoms with E-state index in [4.69, 9.17) is 16.7 Å². The Morgan fingerprint density at radius 3 is 2.62 bits per heavy atom. The zero-order valence-corrected chi connectivity index (χ0v) is 7.66. The lowest BCUT2D eigenvalue weighted by Gasteiger charge is -2.14. The average Bonchev–Trinajstić information content (AvgIpc) is 2.11. The van der Waals surface area contributed by atoms with E-state index in [9.17, 15) is 4.79 Å². The summed E-state index contributed by atoms with van der Waals surface area (Å²) < 4.78 is 0. The molecule has 76 valence electrons. The molecule has 0 saturated carbocycles. The lowest BCUT2D eigenvalue weighted by atomic mass is 10.1. The Bertz CT molecular complexity index is 193. The Morgan fingerprint density at radius 1 is 1.62 bits per heavy atom. The maximum absolute atomic E-state index is 10.4. The van der Waals surface area contributed by atoms with E-state index in [1.54, 1.807) is 0 Å². The Labute approximate surface area is 77.0 Å². The third kappa shape index (κ3) is 5.92. The number of rotatable bonds is 6. The van der Waals surface area contributed by atoms with Gasteiger partial charge >= 0.3 is 0 Å². The lowest BCUT2D eigenvalue weighted by molar-refractivity contribution is -0.117.